The van der Waals surface area contributed by atoms with Crippen LogP contribution in [0.15, 0.2) is 23.0 Å². The third-order valence-electron chi connectivity index (χ3n) is 3.77. The van der Waals surface area contributed by atoms with E-state index in [1.54, 1.807) is 18.2 Å². The number of ether oxygens (including phenoxy) is 1. The van der Waals surface area contributed by atoms with E-state index in [2.05, 4.69) is 20.5 Å². The van der Waals surface area contributed by atoms with Gasteiger partial charge in [0, 0.05) is 23.6 Å². The minimum atomic E-state index is -0.320. The molecule has 3 rings (SSSR count). The van der Waals surface area contributed by atoms with Crippen LogP contribution in [-0.2, 0) is 11.2 Å². The summed E-state index contributed by atoms with van der Waals surface area (Å²) in [6, 6.07) is 5.34. The number of fused-ring (bicyclic) bond motifs is 1. The largest absolute Gasteiger partial charge is 0.493 e. The minimum absolute atomic E-state index is 0.0349. The Bertz CT molecular complexity index is 755. The Morgan fingerprint density at radius 2 is 2.35 bits per heavy atom. The first-order valence-corrected chi connectivity index (χ1v) is 7.85. The number of carbonyl (C=O) groups is 1. The van der Waals surface area contributed by atoms with Crippen LogP contribution in [-0.4, -0.2) is 34.2 Å². The first-order valence-electron chi connectivity index (χ1n) is 7.47. The Hall–Kier alpha value is -2.28. The summed E-state index contributed by atoms with van der Waals surface area (Å²) < 4.78 is 5.56. The fraction of sp³-hybridized carbons (Fsp3) is 0.400. The van der Waals surface area contributed by atoms with Crippen molar-refractivity contribution in [1.29, 1.82) is 0 Å². The Morgan fingerprint density at radius 1 is 1.48 bits per heavy atom. The van der Waals surface area contributed by atoms with Gasteiger partial charge in [0.1, 0.15) is 11.6 Å². The number of nitrogens with zero attached hydrogens (tertiary/aromatic N) is 1. The van der Waals surface area contributed by atoms with Gasteiger partial charge in [0.2, 0.25) is 5.91 Å². The number of rotatable bonds is 5. The summed E-state index contributed by atoms with van der Waals surface area (Å²) in [5, 5.41) is 9.65. The van der Waals surface area contributed by atoms with Crippen molar-refractivity contribution in [3.63, 3.8) is 0 Å². The molecule has 0 spiro atoms. The van der Waals surface area contributed by atoms with Crippen LogP contribution in [0.4, 0.5) is 0 Å². The van der Waals surface area contributed by atoms with Crippen molar-refractivity contribution in [3.05, 3.63) is 45.1 Å². The van der Waals surface area contributed by atoms with Gasteiger partial charge in [-0.1, -0.05) is 11.6 Å². The number of H-pyrrole nitrogens is 2. The van der Waals surface area contributed by atoms with E-state index in [9.17, 15) is 9.59 Å². The van der Waals surface area contributed by atoms with Crippen molar-refractivity contribution >= 4 is 17.5 Å². The van der Waals surface area contributed by atoms with Crippen LogP contribution in [0.1, 0.15) is 30.1 Å². The Kier molecular flexibility index (Phi) is 4.66. The lowest BCUT2D eigenvalue weighted by Gasteiger charge is -2.25. The van der Waals surface area contributed by atoms with Gasteiger partial charge < -0.3 is 10.1 Å². The Morgan fingerprint density at radius 3 is 3.13 bits per heavy atom. The standard InChI is InChI=1S/C15H17ClN4O3/c16-9-3-4-12-11(8-9)10(5-7-23-12)14(21)17-6-1-2-13-18-15(22)20-19-13/h3-4,8,10H,1-2,5-7H2,(H,17,21)(H2,18,19,20,22)/t10-/m0/s1. The molecule has 0 aliphatic carbocycles. The van der Waals surface area contributed by atoms with Crippen LogP contribution in [0.25, 0.3) is 0 Å². The lowest BCUT2D eigenvalue weighted by Crippen LogP contribution is -2.33. The zero-order chi connectivity index (χ0) is 16.2. The van der Waals surface area contributed by atoms with Crippen LogP contribution in [0.5, 0.6) is 5.75 Å². The molecule has 2 aromatic rings. The molecule has 0 saturated carbocycles. The molecule has 3 N–H and O–H groups in total. The second-order valence-corrected chi connectivity index (χ2v) is 5.83. The monoisotopic (exact) mass is 336 g/mol. The highest BCUT2D eigenvalue weighted by molar-refractivity contribution is 6.30. The fourth-order valence-corrected chi connectivity index (χ4v) is 2.83. The predicted octanol–water partition coefficient (Wildman–Crippen LogP) is 1.37. The Balaban J connectivity index is 1.55. The number of carbonyl (C=O) groups excluding carboxylic acids is 1. The van der Waals surface area contributed by atoms with E-state index in [1.165, 1.54) is 0 Å². The van der Waals surface area contributed by atoms with Crippen molar-refractivity contribution in [1.82, 2.24) is 20.5 Å². The molecule has 8 heteroatoms. The van der Waals surface area contributed by atoms with Gasteiger partial charge in [-0.3, -0.25) is 9.78 Å². The third kappa shape index (κ3) is 3.73. The zero-order valence-electron chi connectivity index (χ0n) is 12.4. The van der Waals surface area contributed by atoms with Crippen molar-refractivity contribution in [2.24, 2.45) is 0 Å². The molecule has 23 heavy (non-hydrogen) atoms. The van der Waals surface area contributed by atoms with Crippen LogP contribution >= 0.6 is 11.6 Å². The number of amides is 1. The molecular formula is C15H17ClN4O3. The first kappa shape index (κ1) is 15.6. The molecule has 0 fully saturated rings. The molecule has 0 radical (unpaired) electrons. The van der Waals surface area contributed by atoms with Crippen LogP contribution in [0.2, 0.25) is 5.02 Å². The number of hydrogen-bond acceptors (Lipinski definition) is 4. The summed E-state index contributed by atoms with van der Waals surface area (Å²) in [5.41, 5.74) is 0.512. The maximum absolute atomic E-state index is 12.4. The van der Waals surface area contributed by atoms with Gasteiger partial charge in [0.25, 0.3) is 0 Å². The van der Waals surface area contributed by atoms with Crippen molar-refractivity contribution in [2.45, 2.75) is 25.2 Å². The van der Waals surface area contributed by atoms with Gasteiger partial charge >= 0.3 is 5.69 Å². The summed E-state index contributed by atoms with van der Waals surface area (Å²) in [6.45, 7) is 1.03. The van der Waals surface area contributed by atoms with Crippen molar-refractivity contribution in [3.8, 4) is 5.75 Å². The molecule has 2 heterocycles. The molecule has 1 atom stereocenters. The highest BCUT2D eigenvalue weighted by Crippen LogP contribution is 2.35. The molecule has 0 bridgehead atoms. The lowest BCUT2D eigenvalue weighted by atomic mass is 9.92. The van der Waals surface area contributed by atoms with Gasteiger partial charge in [-0.25, -0.2) is 9.89 Å². The maximum Gasteiger partial charge on any atom is 0.340 e. The summed E-state index contributed by atoms with van der Waals surface area (Å²) in [6.07, 6.45) is 1.92. The van der Waals surface area contributed by atoms with Gasteiger partial charge in [-0.2, -0.15) is 5.10 Å². The van der Waals surface area contributed by atoms with E-state index in [1.807, 2.05) is 0 Å². The molecular weight excluding hydrogens is 320 g/mol. The number of nitrogens with one attached hydrogen (secondary N) is 3. The van der Waals surface area contributed by atoms with E-state index < -0.39 is 0 Å². The van der Waals surface area contributed by atoms with E-state index in [-0.39, 0.29) is 17.5 Å². The van der Waals surface area contributed by atoms with E-state index >= 15 is 0 Å². The third-order valence-corrected chi connectivity index (χ3v) is 4.00. The summed E-state index contributed by atoms with van der Waals surface area (Å²) in [5.74, 6) is 1.03. The number of aromatic amines is 2. The van der Waals surface area contributed by atoms with Crippen LogP contribution in [0.3, 0.4) is 0 Å². The smallest absolute Gasteiger partial charge is 0.340 e. The number of aryl methyl sites for hydroxylation is 1. The second-order valence-electron chi connectivity index (χ2n) is 5.39. The lowest BCUT2D eigenvalue weighted by molar-refractivity contribution is -0.123. The molecule has 122 valence electrons. The highest BCUT2D eigenvalue weighted by atomic mass is 35.5. The van der Waals surface area contributed by atoms with Gasteiger partial charge in [0.05, 0.1) is 12.5 Å². The number of halogens is 1. The number of benzene rings is 1. The quantitative estimate of drug-likeness (QED) is 0.718. The molecule has 1 aliphatic heterocycles. The van der Waals surface area contributed by atoms with Crippen molar-refractivity contribution in [2.75, 3.05) is 13.2 Å². The number of aromatic nitrogens is 3. The highest BCUT2D eigenvalue weighted by Gasteiger charge is 2.27. The minimum Gasteiger partial charge on any atom is -0.493 e. The zero-order valence-corrected chi connectivity index (χ0v) is 13.2. The normalized spacial score (nSPS) is 16.5. The van der Waals surface area contributed by atoms with Gasteiger partial charge in [-0.15, -0.1) is 0 Å². The van der Waals surface area contributed by atoms with Gasteiger partial charge in [0.15, 0.2) is 0 Å². The van der Waals surface area contributed by atoms with Crippen molar-refractivity contribution < 1.29 is 9.53 Å². The first-order chi connectivity index (χ1) is 11.1. The second kappa shape index (κ2) is 6.87. The maximum atomic E-state index is 12.4. The molecule has 1 amide bonds. The molecule has 1 aromatic carbocycles. The molecule has 0 saturated heterocycles. The van der Waals surface area contributed by atoms with Crippen LogP contribution < -0.4 is 15.7 Å². The molecule has 1 aliphatic rings. The van der Waals surface area contributed by atoms with E-state index in [0.29, 0.717) is 43.3 Å². The van der Waals surface area contributed by atoms with Crippen LogP contribution in [0, 0.1) is 0 Å². The topological polar surface area (TPSA) is 99.9 Å². The summed E-state index contributed by atoms with van der Waals surface area (Å²) in [7, 11) is 0. The molecule has 7 nitrogen and oxygen atoms in total. The molecule has 0 unspecified atom stereocenters. The predicted molar refractivity (Wildman–Crippen MR) is 84.8 cm³/mol. The average molecular weight is 337 g/mol. The average Bonchev–Trinajstić information content (AvgIpc) is 2.96. The summed E-state index contributed by atoms with van der Waals surface area (Å²) >= 11 is 6.02. The molecule has 1 aromatic heterocycles. The van der Waals surface area contributed by atoms with E-state index in [4.69, 9.17) is 16.3 Å². The fourth-order valence-electron chi connectivity index (χ4n) is 2.65. The number of hydrogen-bond donors (Lipinski definition) is 3. The van der Waals surface area contributed by atoms with Gasteiger partial charge in [-0.05, 0) is 31.0 Å². The summed E-state index contributed by atoms with van der Waals surface area (Å²) in [4.78, 5) is 25.9. The SMILES string of the molecule is O=C(NCCCc1n[nH]c(=O)[nH]1)[C@H]1CCOc2ccc(Cl)cc21. The van der Waals surface area contributed by atoms with E-state index in [0.717, 1.165) is 11.3 Å². The Labute approximate surface area is 137 Å².